The standard InChI is InChI=1S/C17H15ClN4O2/c1-10-13(18)6-3-7-14(10)21-15(23)9-19-17(24)12-5-2-4-11-8-20-22-16(11)12/h2-8H,9H2,1H3,(H,19,24)(H,20,22)(H,21,23). The van der Waals surface area contributed by atoms with E-state index in [9.17, 15) is 9.59 Å². The van der Waals surface area contributed by atoms with Crippen molar-refractivity contribution in [3.05, 3.63) is 58.7 Å². The zero-order valence-electron chi connectivity index (χ0n) is 12.9. The van der Waals surface area contributed by atoms with Gasteiger partial charge in [-0.2, -0.15) is 5.10 Å². The highest BCUT2D eigenvalue weighted by Crippen LogP contribution is 2.22. The Morgan fingerprint density at radius 1 is 1.21 bits per heavy atom. The average Bonchev–Trinajstić information content (AvgIpc) is 3.05. The van der Waals surface area contributed by atoms with Gasteiger partial charge >= 0.3 is 0 Å². The first-order chi connectivity index (χ1) is 11.6. The molecule has 0 atom stereocenters. The number of carbonyl (C=O) groups excluding carboxylic acids is 2. The first-order valence-electron chi connectivity index (χ1n) is 7.31. The summed E-state index contributed by atoms with van der Waals surface area (Å²) < 4.78 is 0. The molecule has 7 heteroatoms. The van der Waals surface area contributed by atoms with Crippen molar-refractivity contribution in [2.24, 2.45) is 0 Å². The zero-order valence-corrected chi connectivity index (χ0v) is 13.6. The third-order valence-electron chi connectivity index (χ3n) is 3.67. The molecule has 2 amide bonds. The number of para-hydroxylation sites is 1. The fourth-order valence-corrected chi connectivity index (χ4v) is 2.53. The molecule has 0 aliphatic carbocycles. The lowest BCUT2D eigenvalue weighted by Gasteiger charge is -2.10. The van der Waals surface area contributed by atoms with Crippen LogP contribution in [0.4, 0.5) is 5.69 Å². The Morgan fingerprint density at radius 3 is 2.83 bits per heavy atom. The van der Waals surface area contributed by atoms with E-state index in [4.69, 9.17) is 11.6 Å². The lowest BCUT2D eigenvalue weighted by atomic mass is 10.1. The average molecular weight is 343 g/mol. The minimum Gasteiger partial charge on any atom is -0.343 e. The molecule has 0 unspecified atom stereocenters. The summed E-state index contributed by atoms with van der Waals surface area (Å²) in [6, 6.07) is 10.6. The minimum absolute atomic E-state index is 0.144. The second-order valence-corrected chi connectivity index (χ2v) is 5.69. The molecule has 2 aromatic carbocycles. The molecular formula is C17H15ClN4O2. The molecule has 3 aromatic rings. The number of halogens is 1. The summed E-state index contributed by atoms with van der Waals surface area (Å²) >= 11 is 6.02. The van der Waals surface area contributed by atoms with Crippen LogP contribution in [0.3, 0.4) is 0 Å². The smallest absolute Gasteiger partial charge is 0.253 e. The van der Waals surface area contributed by atoms with E-state index in [0.29, 0.717) is 21.8 Å². The van der Waals surface area contributed by atoms with E-state index in [2.05, 4.69) is 20.8 Å². The molecule has 0 radical (unpaired) electrons. The first-order valence-corrected chi connectivity index (χ1v) is 7.69. The van der Waals surface area contributed by atoms with Crippen molar-refractivity contribution in [1.29, 1.82) is 0 Å². The molecule has 0 aliphatic rings. The Morgan fingerprint density at radius 2 is 2.00 bits per heavy atom. The van der Waals surface area contributed by atoms with Crippen LogP contribution in [-0.2, 0) is 4.79 Å². The molecule has 3 N–H and O–H groups in total. The van der Waals surface area contributed by atoms with E-state index in [1.54, 1.807) is 36.5 Å². The highest BCUT2D eigenvalue weighted by atomic mass is 35.5. The summed E-state index contributed by atoms with van der Waals surface area (Å²) in [5.41, 5.74) is 2.48. The van der Waals surface area contributed by atoms with Gasteiger partial charge in [-0.15, -0.1) is 0 Å². The van der Waals surface area contributed by atoms with E-state index in [1.165, 1.54) is 0 Å². The molecule has 1 heterocycles. The Labute approximate surface area is 143 Å². The van der Waals surface area contributed by atoms with Crippen LogP contribution in [0.1, 0.15) is 15.9 Å². The molecule has 6 nitrogen and oxygen atoms in total. The predicted molar refractivity (Wildman–Crippen MR) is 93.2 cm³/mol. The SMILES string of the molecule is Cc1c(Cl)cccc1NC(=O)CNC(=O)c1cccc2cn[nH]c12. The van der Waals surface area contributed by atoms with Gasteiger partial charge in [0.25, 0.3) is 5.91 Å². The van der Waals surface area contributed by atoms with E-state index >= 15 is 0 Å². The van der Waals surface area contributed by atoms with Gasteiger partial charge in [0.05, 0.1) is 23.8 Å². The topological polar surface area (TPSA) is 86.9 Å². The molecule has 0 bridgehead atoms. The molecule has 122 valence electrons. The molecular weight excluding hydrogens is 328 g/mol. The molecule has 0 fully saturated rings. The molecule has 0 saturated carbocycles. The molecule has 24 heavy (non-hydrogen) atoms. The number of fused-ring (bicyclic) bond motifs is 1. The Balaban J connectivity index is 1.65. The quantitative estimate of drug-likeness (QED) is 0.681. The Bertz CT molecular complexity index is 920. The van der Waals surface area contributed by atoms with Gasteiger partial charge in [0.1, 0.15) is 0 Å². The van der Waals surface area contributed by atoms with E-state index < -0.39 is 0 Å². The lowest BCUT2D eigenvalue weighted by molar-refractivity contribution is -0.115. The summed E-state index contributed by atoms with van der Waals surface area (Å²) in [5.74, 6) is -0.673. The maximum absolute atomic E-state index is 12.3. The number of carbonyl (C=O) groups is 2. The summed E-state index contributed by atoms with van der Waals surface area (Å²) in [5, 5.41) is 13.4. The number of aromatic amines is 1. The Hall–Kier alpha value is -2.86. The van der Waals surface area contributed by atoms with Crippen LogP contribution in [-0.4, -0.2) is 28.6 Å². The molecule has 1 aromatic heterocycles. The van der Waals surface area contributed by atoms with Crippen molar-refractivity contribution < 1.29 is 9.59 Å². The number of nitrogens with zero attached hydrogens (tertiary/aromatic N) is 1. The summed E-state index contributed by atoms with van der Waals surface area (Å²) in [6.45, 7) is 1.67. The van der Waals surface area contributed by atoms with Crippen molar-refractivity contribution >= 4 is 40.0 Å². The molecule has 0 aliphatic heterocycles. The number of amides is 2. The van der Waals surface area contributed by atoms with Crippen LogP contribution in [0.5, 0.6) is 0 Å². The second kappa shape index (κ2) is 6.72. The number of benzene rings is 2. The second-order valence-electron chi connectivity index (χ2n) is 5.28. The van der Waals surface area contributed by atoms with Crippen LogP contribution < -0.4 is 10.6 Å². The van der Waals surface area contributed by atoms with Crippen molar-refractivity contribution in [3.63, 3.8) is 0 Å². The van der Waals surface area contributed by atoms with Gasteiger partial charge in [0.2, 0.25) is 5.91 Å². The number of H-pyrrole nitrogens is 1. The molecule has 3 rings (SSSR count). The summed E-state index contributed by atoms with van der Waals surface area (Å²) in [4.78, 5) is 24.3. The largest absolute Gasteiger partial charge is 0.343 e. The van der Waals surface area contributed by atoms with Crippen LogP contribution in [0.15, 0.2) is 42.6 Å². The summed E-state index contributed by atoms with van der Waals surface area (Å²) in [7, 11) is 0. The van der Waals surface area contributed by atoms with Gasteiger partial charge in [0.15, 0.2) is 0 Å². The number of hydrogen-bond acceptors (Lipinski definition) is 3. The predicted octanol–water partition coefficient (Wildman–Crippen LogP) is 2.89. The maximum Gasteiger partial charge on any atom is 0.253 e. The fraction of sp³-hybridized carbons (Fsp3) is 0.118. The molecule has 0 spiro atoms. The maximum atomic E-state index is 12.3. The number of rotatable bonds is 4. The summed E-state index contributed by atoms with van der Waals surface area (Å²) in [6.07, 6.45) is 1.64. The van der Waals surface area contributed by atoms with Gasteiger partial charge in [0, 0.05) is 16.1 Å². The van der Waals surface area contributed by atoms with Crippen LogP contribution in [0, 0.1) is 6.92 Å². The normalized spacial score (nSPS) is 10.6. The van der Waals surface area contributed by atoms with Crippen LogP contribution in [0.25, 0.3) is 10.9 Å². The molecule has 0 saturated heterocycles. The van der Waals surface area contributed by atoms with Crippen molar-refractivity contribution in [3.8, 4) is 0 Å². The van der Waals surface area contributed by atoms with Crippen LogP contribution >= 0.6 is 11.6 Å². The first kappa shape index (κ1) is 16.0. The van der Waals surface area contributed by atoms with Gasteiger partial charge in [-0.05, 0) is 30.7 Å². The number of nitrogens with one attached hydrogen (secondary N) is 3. The van der Waals surface area contributed by atoms with E-state index in [0.717, 1.165) is 10.9 Å². The monoisotopic (exact) mass is 342 g/mol. The van der Waals surface area contributed by atoms with E-state index in [1.807, 2.05) is 13.0 Å². The highest BCUT2D eigenvalue weighted by Gasteiger charge is 2.13. The van der Waals surface area contributed by atoms with Gasteiger partial charge in [-0.3, -0.25) is 14.7 Å². The third-order valence-corrected chi connectivity index (χ3v) is 4.08. The lowest BCUT2D eigenvalue weighted by Crippen LogP contribution is -2.33. The Kier molecular flexibility index (Phi) is 4.48. The van der Waals surface area contributed by atoms with E-state index in [-0.39, 0.29) is 18.4 Å². The highest BCUT2D eigenvalue weighted by molar-refractivity contribution is 6.31. The number of aromatic nitrogens is 2. The van der Waals surface area contributed by atoms with Crippen molar-refractivity contribution in [2.45, 2.75) is 6.92 Å². The fourth-order valence-electron chi connectivity index (χ4n) is 2.35. The van der Waals surface area contributed by atoms with Crippen LogP contribution in [0.2, 0.25) is 5.02 Å². The van der Waals surface area contributed by atoms with Gasteiger partial charge < -0.3 is 10.6 Å². The number of anilines is 1. The zero-order chi connectivity index (χ0) is 17.1. The van der Waals surface area contributed by atoms with Crippen molar-refractivity contribution in [1.82, 2.24) is 15.5 Å². The number of hydrogen-bond donors (Lipinski definition) is 3. The van der Waals surface area contributed by atoms with Gasteiger partial charge in [-0.1, -0.05) is 29.8 Å². The third kappa shape index (κ3) is 3.23. The van der Waals surface area contributed by atoms with Gasteiger partial charge in [-0.25, -0.2) is 0 Å². The van der Waals surface area contributed by atoms with Crippen molar-refractivity contribution in [2.75, 3.05) is 11.9 Å². The minimum atomic E-state index is -0.345.